The normalized spacial score (nSPS) is 20.4. The number of oxazole rings is 1. The van der Waals surface area contributed by atoms with Crippen LogP contribution in [0.1, 0.15) is 36.8 Å². The van der Waals surface area contributed by atoms with Gasteiger partial charge in [-0.2, -0.15) is 5.10 Å². The topological polar surface area (TPSA) is 95.8 Å². The van der Waals surface area contributed by atoms with Gasteiger partial charge in [0.25, 0.3) is 0 Å². The summed E-state index contributed by atoms with van der Waals surface area (Å²) >= 11 is 0. The van der Waals surface area contributed by atoms with Crippen molar-refractivity contribution in [2.45, 2.75) is 38.1 Å². The lowest BCUT2D eigenvalue weighted by Crippen LogP contribution is -2.36. The first-order valence-electron chi connectivity index (χ1n) is 8.10. The van der Waals surface area contributed by atoms with E-state index in [0.717, 1.165) is 47.4 Å². The summed E-state index contributed by atoms with van der Waals surface area (Å²) in [6, 6.07) is 5.60. The minimum atomic E-state index is -0.196. The first-order valence-corrected chi connectivity index (χ1v) is 8.10. The van der Waals surface area contributed by atoms with Crippen molar-refractivity contribution < 1.29 is 9.21 Å². The van der Waals surface area contributed by atoms with Gasteiger partial charge in [-0.25, -0.2) is 9.78 Å². The van der Waals surface area contributed by atoms with E-state index in [1.165, 1.54) is 0 Å². The number of nitrogens with zero attached hydrogens (tertiary/aromatic N) is 2. The quantitative estimate of drug-likeness (QED) is 0.688. The fourth-order valence-electron chi connectivity index (χ4n) is 3.32. The zero-order valence-electron chi connectivity index (χ0n) is 13.4. The smallest absolute Gasteiger partial charge is 0.319 e. The monoisotopic (exact) mass is 325 g/mol. The van der Waals surface area contributed by atoms with Gasteiger partial charge in [-0.1, -0.05) is 6.07 Å². The van der Waals surface area contributed by atoms with E-state index in [0.29, 0.717) is 0 Å². The highest BCUT2D eigenvalue weighted by molar-refractivity contribution is 6.00. The maximum absolute atomic E-state index is 12.3. The lowest BCUT2D eigenvalue weighted by molar-refractivity contribution is 0.248. The van der Waals surface area contributed by atoms with E-state index in [-0.39, 0.29) is 18.0 Å². The number of nitrogens with one attached hydrogen (secondary N) is 3. The van der Waals surface area contributed by atoms with E-state index >= 15 is 0 Å². The zero-order valence-corrected chi connectivity index (χ0v) is 13.4. The lowest BCUT2D eigenvalue weighted by atomic mass is 10.1. The summed E-state index contributed by atoms with van der Waals surface area (Å²) in [5.41, 5.74) is 2.54. The average Bonchev–Trinajstić information content (AvgIpc) is 3.27. The highest BCUT2D eigenvalue weighted by Crippen LogP contribution is 2.34. The van der Waals surface area contributed by atoms with Crippen LogP contribution in [-0.2, 0) is 0 Å². The summed E-state index contributed by atoms with van der Waals surface area (Å²) in [6.07, 6.45) is 6.14. The highest BCUT2D eigenvalue weighted by Gasteiger charge is 2.30. The zero-order chi connectivity index (χ0) is 16.5. The predicted octanol–water partition coefficient (Wildman–Crippen LogP) is 3.32. The summed E-state index contributed by atoms with van der Waals surface area (Å²) < 4.78 is 5.49. The summed E-state index contributed by atoms with van der Waals surface area (Å²) in [5.74, 6) is 1.06. The molecule has 2 heterocycles. The van der Waals surface area contributed by atoms with Crippen LogP contribution < -0.4 is 10.6 Å². The Labute approximate surface area is 138 Å². The van der Waals surface area contributed by atoms with Crippen molar-refractivity contribution in [3.05, 3.63) is 42.2 Å². The molecule has 0 unspecified atom stereocenters. The molecule has 3 aromatic rings. The third-order valence-electron chi connectivity index (χ3n) is 4.49. The van der Waals surface area contributed by atoms with Crippen molar-refractivity contribution in [2.24, 2.45) is 0 Å². The molecule has 7 heteroatoms. The number of anilines is 1. The SMILES string of the molecule is Cc1coc([C@@H]2CC[C@H](NC(=O)Nc3cccc4[nH]ncc34)C2)n1. The van der Waals surface area contributed by atoms with E-state index in [1.54, 1.807) is 12.5 Å². The molecule has 7 nitrogen and oxygen atoms in total. The first-order chi connectivity index (χ1) is 11.7. The maximum Gasteiger partial charge on any atom is 0.319 e. The molecule has 0 bridgehead atoms. The van der Waals surface area contributed by atoms with Gasteiger partial charge in [0, 0.05) is 17.3 Å². The van der Waals surface area contributed by atoms with Crippen LogP contribution in [0.25, 0.3) is 10.9 Å². The molecule has 0 aliphatic heterocycles. The minimum absolute atomic E-state index is 0.130. The number of fused-ring (bicyclic) bond motifs is 1. The summed E-state index contributed by atoms with van der Waals surface area (Å²) in [5, 5.41) is 13.7. The van der Waals surface area contributed by atoms with Gasteiger partial charge in [0.15, 0.2) is 5.89 Å². The van der Waals surface area contributed by atoms with E-state index in [9.17, 15) is 4.79 Å². The Bertz CT molecular complexity index is 869. The van der Waals surface area contributed by atoms with Gasteiger partial charge in [-0.05, 0) is 38.3 Å². The molecular formula is C17H19N5O2. The van der Waals surface area contributed by atoms with Gasteiger partial charge in [-0.15, -0.1) is 0 Å². The number of H-pyrrole nitrogens is 1. The van der Waals surface area contributed by atoms with Gasteiger partial charge in [0.2, 0.25) is 0 Å². The molecule has 1 aliphatic rings. The number of urea groups is 1. The fourth-order valence-corrected chi connectivity index (χ4v) is 3.32. The number of hydrogen-bond donors (Lipinski definition) is 3. The van der Waals surface area contributed by atoms with Crippen molar-refractivity contribution in [2.75, 3.05) is 5.32 Å². The second-order valence-electron chi connectivity index (χ2n) is 6.27. The number of aryl methyl sites for hydroxylation is 1. The van der Waals surface area contributed by atoms with Crippen LogP contribution >= 0.6 is 0 Å². The van der Waals surface area contributed by atoms with Crippen molar-refractivity contribution in [3.8, 4) is 0 Å². The van der Waals surface area contributed by atoms with Crippen LogP contribution in [0, 0.1) is 6.92 Å². The Morgan fingerprint density at radius 1 is 1.38 bits per heavy atom. The minimum Gasteiger partial charge on any atom is -0.448 e. The van der Waals surface area contributed by atoms with E-state index in [2.05, 4.69) is 25.8 Å². The van der Waals surface area contributed by atoms with Crippen LogP contribution in [-0.4, -0.2) is 27.3 Å². The third kappa shape index (κ3) is 2.84. The molecule has 124 valence electrons. The number of rotatable bonds is 3. The second kappa shape index (κ2) is 5.99. The molecule has 2 atom stereocenters. The van der Waals surface area contributed by atoms with Crippen LogP contribution in [0.2, 0.25) is 0 Å². The number of amides is 2. The molecule has 1 saturated carbocycles. The van der Waals surface area contributed by atoms with E-state index in [4.69, 9.17) is 4.42 Å². The van der Waals surface area contributed by atoms with Crippen molar-refractivity contribution in [1.82, 2.24) is 20.5 Å². The number of aromatic nitrogens is 3. The van der Waals surface area contributed by atoms with Gasteiger partial charge >= 0.3 is 6.03 Å². The van der Waals surface area contributed by atoms with Crippen molar-refractivity contribution >= 4 is 22.6 Å². The Morgan fingerprint density at radius 3 is 3.12 bits per heavy atom. The van der Waals surface area contributed by atoms with Gasteiger partial charge in [0.1, 0.15) is 6.26 Å². The number of benzene rings is 1. The Morgan fingerprint density at radius 2 is 2.29 bits per heavy atom. The van der Waals surface area contributed by atoms with Crippen LogP contribution in [0.4, 0.5) is 10.5 Å². The Hall–Kier alpha value is -2.83. The van der Waals surface area contributed by atoms with Crippen molar-refractivity contribution in [1.29, 1.82) is 0 Å². The maximum atomic E-state index is 12.3. The number of carbonyl (C=O) groups is 1. The number of hydrogen-bond acceptors (Lipinski definition) is 4. The summed E-state index contributed by atoms with van der Waals surface area (Å²) in [4.78, 5) is 16.7. The molecule has 24 heavy (non-hydrogen) atoms. The predicted molar refractivity (Wildman–Crippen MR) is 89.9 cm³/mol. The molecule has 1 aromatic carbocycles. The Kier molecular flexibility index (Phi) is 3.68. The molecule has 1 aliphatic carbocycles. The molecule has 0 saturated heterocycles. The highest BCUT2D eigenvalue weighted by atomic mass is 16.3. The summed E-state index contributed by atoms with van der Waals surface area (Å²) in [6.45, 7) is 1.92. The Balaban J connectivity index is 1.37. The molecule has 4 rings (SSSR count). The molecule has 2 aromatic heterocycles. The summed E-state index contributed by atoms with van der Waals surface area (Å²) in [7, 11) is 0. The standard InChI is InChI=1S/C17H19N5O2/c1-10-9-24-16(19-10)11-5-6-12(7-11)20-17(23)21-14-3-2-4-15-13(14)8-18-22-15/h2-4,8-9,11-12H,5-7H2,1H3,(H,18,22)(H2,20,21,23)/t11-,12+/m1/s1. The molecule has 2 amide bonds. The van der Waals surface area contributed by atoms with Crippen molar-refractivity contribution in [3.63, 3.8) is 0 Å². The fraction of sp³-hybridized carbons (Fsp3) is 0.353. The van der Waals surface area contributed by atoms with Crippen LogP contribution in [0.15, 0.2) is 35.1 Å². The number of aromatic amines is 1. The molecular weight excluding hydrogens is 306 g/mol. The molecule has 3 N–H and O–H groups in total. The average molecular weight is 325 g/mol. The van der Waals surface area contributed by atoms with Gasteiger partial charge in [-0.3, -0.25) is 5.10 Å². The van der Waals surface area contributed by atoms with Crippen LogP contribution in [0.3, 0.4) is 0 Å². The second-order valence-corrected chi connectivity index (χ2v) is 6.27. The largest absolute Gasteiger partial charge is 0.448 e. The number of carbonyl (C=O) groups excluding carboxylic acids is 1. The molecule has 1 fully saturated rings. The third-order valence-corrected chi connectivity index (χ3v) is 4.49. The van der Waals surface area contributed by atoms with Gasteiger partial charge in [0.05, 0.1) is 23.1 Å². The van der Waals surface area contributed by atoms with Crippen LogP contribution in [0.5, 0.6) is 0 Å². The molecule has 0 spiro atoms. The lowest BCUT2D eigenvalue weighted by Gasteiger charge is -2.14. The first kappa shape index (κ1) is 14.7. The van der Waals surface area contributed by atoms with Gasteiger partial charge < -0.3 is 15.1 Å². The van der Waals surface area contributed by atoms with E-state index in [1.807, 2.05) is 25.1 Å². The molecule has 0 radical (unpaired) electrons. The van der Waals surface area contributed by atoms with E-state index < -0.39 is 0 Å².